The van der Waals surface area contributed by atoms with Crippen LogP contribution in [0.1, 0.15) is 31.1 Å². The number of carbonyl (C=O) groups excluding carboxylic acids is 1. The fourth-order valence-corrected chi connectivity index (χ4v) is 2.41. The minimum absolute atomic E-state index is 0.283. The molecular weight excluding hydrogens is 228 g/mol. The van der Waals surface area contributed by atoms with E-state index in [9.17, 15) is 4.79 Å². The van der Waals surface area contributed by atoms with Crippen molar-refractivity contribution in [3.8, 4) is 0 Å². The largest absolute Gasteiger partial charge is 0.465 e. The first-order chi connectivity index (χ1) is 8.54. The molecule has 1 aromatic rings. The molecule has 0 saturated heterocycles. The first kappa shape index (κ1) is 12.7. The summed E-state index contributed by atoms with van der Waals surface area (Å²) < 4.78 is 4.86. The number of rotatable bonds is 2. The molecule has 0 radical (unpaired) electrons. The van der Waals surface area contributed by atoms with Crippen molar-refractivity contribution < 1.29 is 9.53 Å². The predicted octanol–water partition coefficient (Wildman–Crippen LogP) is 2.50. The lowest BCUT2D eigenvalue weighted by molar-refractivity contribution is 0.0601. The quantitative estimate of drug-likeness (QED) is 0.816. The summed E-state index contributed by atoms with van der Waals surface area (Å²) >= 11 is 0. The molecule has 4 heteroatoms. The fraction of sp³-hybridized carbons (Fsp3) is 0.500. The molecular formula is C14H20N2O2. The summed E-state index contributed by atoms with van der Waals surface area (Å²) in [7, 11) is 1.42. The molecule has 1 unspecified atom stereocenters. The second-order valence-corrected chi connectivity index (χ2v) is 4.98. The molecule has 1 heterocycles. The Hall–Kier alpha value is -1.71. The molecule has 0 saturated carbocycles. The number of methoxy groups -OCH3 is 1. The van der Waals surface area contributed by atoms with Gasteiger partial charge in [-0.1, -0.05) is 6.07 Å². The number of para-hydroxylation sites is 1. The molecule has 0 aliphatic carbocycles. The van der Waals surface area contributed by atoms with Crippen LogP contribution in [-0.2, 0) is 4.74 Å². The Morgan fingerprint density at radius 1 is 1.50 bits per heavy atom. The second kappa shape index (κ2) is 4.88. The van der Waals surface area contributed by atoms with Crippen molar-refractivity contribution in [1.82, 2.24) is 0 Å². The smallest absolute Gasteiger partial charge is 0.340 e. The molecule has 0 fully saturated rings. The zero-order chi connectivity index (χ0) is 13.3. The monoisotopic (exact) mass is 248 g/mol. The summed E-state index contributed by atoms with van der Waals surface area (Å²) in [5.74, 6) is -0.283. The highest BCUT2D eigenvalue weighted by atomic mass is 16.5. The highest BCUT2D eigenvalue weighted by Gasteiger charge is 2.27. The Balaban J connectivity index is 2.54. The third-order valence-electron chi connectivity index (χ3n) is 3.22. The number of hydrogen-bond donors (Lipinski definition) is 1. The Kier molecular flexibility index (Phi) is 3.45. The summed E-state index contributed by atoms with van der Waals surface area (Å²) in [6.45, 7) is 7.30. The molecule has 2 rings (SSSR count). The third kappa shape index (κ3) is 2.15. The first-order valence-electron chi connectivity index (χ1n) is 6.29. The van der Waals surface area contributed by atoms with Gasteiger partial charge in [0.25, 0.3) is 0 Å². The normalized spacial score (nSPS) is 18.3. The number of hydrogen-bond acceptors (Lipinski definition) is 4. The van der Waals surface area contributed by atoms with E-state index in [2.05, 4.69) is 31.0 Å². The van der Waals surface area contributed by atoms with Gasteiger partial charge in [-0.25, -0.2) is 4.79 Å². The number of nitrogens with one attached hydrogen (secondary N) is 1. The molecule has 0 spiro atoms. The first-order valence-corrected chi connectivity index (χ1v) is 6.29. The summed E-state index contributed by atoms with van der Waals surface area (Å²) in [4.78, 5) is 14.1. The van der Waals surface area contributed by atoms with Crippen LogP contribution in [0.4, 0.5) is 11.4 Å². The van der Waals surface area contributed by atoms with Gasteiger partial charge in [-0.15, -0.1) is 0 Å². The lowest BCUT2D eigenvalue weighted by Gasteiger charge is -2.39. The maximum Gasteiger partial charge on any atom is 0.340 e. The van der Waals surface area contributed by atoms with Gasteiger partial charge in [-0.2, -0.15) is 0 Å². The molecule has 1 atom stereocenters. The molecule has 0 aromatic heterocycles. The molecule has 18 heavy (non-hydrogen) atoms. The second-order valence-electron chi connectivity index (χ2n) is 4.98. The van der Waals surface area contributed by atoms with Crippen LogP contribution in [0.5, 0.6) is 0 Å². The molecule has 0 bridgehead atoms. The number of carbonyl (C=O) groups is 1. The van der Waals surface area contributed by atoms with Gasteiger partial charge in [0.05, 0.1) is 24.0 Å². The lowest BCUT2D eigenvalue weighted by Crippen LogP contribution is -2.44. The summed E-state index contributed by atoms with van der Waals surface area (Å²) in [5, 5.41) is 3.41. The van der Waals surface area contributed by atoms with Crippen LogP contribution in [0.15, 0.2) is 18.2 Å². The minimum Gasteiger partial charge on any atom is -0.465 e. The van der Waals surface area contributed by atoms with Crippen LogP contribution in [0.2, 0.25) is 0 Å². The van der Waals surface area contributed by atoms with Gasteiger partial charge in [0, 0.05) is 18.6 Å². The number of benzene rings is 1. The molecule has 1 N–H and O–H groups in total. The van der Waals surface area contributed by atoms with E-state index in [0.717, 1.165) is 17.9 Å². The van der Waals surface area contributed by atoms with Crippen LogP contribution in [0.3, 0.4) is 0 Å². The summed E-state index contributed by atoms with van der Waals surface area (Å²) in [6, 6.07) is 6.42. The SMILES string of the molecule is COC(=O)c1cccc2c1N(C(C)C)CC(C)N2. The number of ether oxygens (including phenoxy) is 1. The van der Waals surface area contributed by atoms with E-state index in [4.69, 9.17) is 4.74 Å². The standard InChI is InChI=1S/C14H20N2O2/c1-9(2)16-8-10(3)15-12-7-5-6-11(13(12)16)14(17)18-4/h5-7,9-10,15H,8H2,1-4H3. The maximum atomic E-state index is 11.9. The predicted molar refractivity (Wildman–Crippen MR) is 73.3 cm³/mol. The van der Waals surface area contributed by atoms with E-state index < -0.39 is 0 Å². The van der Waals surface area contributed by atoms with Crippen molar-refractivity contribution in [2.24, 2.45) is 0 Å². The van der Waals surface area contributed by atoms with Crippen molar-refractivity contribution in [2.75, 3.05) is 23.9 Å². The molecule has 1 aliphatic heterocycles. The molecule has 1 aromatic carbocycles. The van der Waals surface area contributed by atoms with Crippen molar-refractivity contribution in [3.05, 3.63) is 23.8 Å². The minimum atomic E-state index is -0.283. The Morgan fingerprint density at radius 3 is 2.83 bits per heavy atom. The van der Waals surface area contributed by atoms with Crippen molar-refractivity contribution in [1.29, 1.82) is 0 Å². The molecule has 0 amide bonds. The van der Waals surface area contributed by atoms with Gasteiger partial charge in [0.15, 0.2) is 0 Å². The van der Waals surface area contributed by atoms with Gasteiger partial charge in [0.2, 0.25) is 0 Å². The fourth-order valence-electron chi connectivity index (χ4n) is 2.41. The van der Waals surface area contributed by atoms with E-state index in [0.29, 0.717) is 17.6 Å². The Morgan fingerprint density at radius 2 is 2.22 bits per heavy atom. The zero-order valence-electron chi connectivity index (χ0n) is 11.4. The number of anilines is 2. The van der Waals surface area contributed by atoms with E-state index in [-0.39, 0.29) is 5.97 Å². The van der Waals surface area contributed by atoms with Crippen molar-refractivity contribution in [2.45, 2.75) is 32.9 Å². The highest BCUT2D eigenvalue weighted by Crippen LogP contribution is 2.35. The average molecular weight is 248 g/mol. The van der Waals surface area contributed by atoms with Crippen LogP contribution in [0, 0.1) is 0 Å². The van der Waals surface area contributed by atoms with E-state index in [1.54, 1.807) is 0 Å². The molecule has 1 aliphatic rings. The van der Waals surface area contributed by atoms with Crippen molar-refractivity contribution >= 4 is 17.3 Å². The lowest BCUT2D eigenvalue weighted by atomic mass is 10.0. The van der Waals surface area contributed by atoms with Gasteiger partial charge in [0.1, 0.15) is 0 Å². The van der Waals surface area contributed by atoms with Gasteiger partial charge >= 0.3 is 5.97 Å². The molecule has 98 valence electrons. The Bertz CT molecular complexity index is 457. The van der Waals surface area contributed by atoms with Gasteiger partial charge in [-0.05, 0) is 32.9 Å². The summed E-state index contributed by atoms with van der Waals surface area (Å²) in [5.41, 5.74) is 2.59. The number of fused-ring (bicyclic) bond motifs is 1. The van der Waals surface area contributed by atoms with Crippen molar-refractivity contribution in [3.63, 3.8) is 0 Å². The van der Waals surface area contributed by atoms with Gasteiger partial charge in [-0.3, -0.25) is 0 Å². The van der Waals surface area contributed by atoms with E-state index >= 15 is 0 Å². The highest BCUT2D eigenvalue weighted by molar-refractivity contribution is 6.00. The van der Waals surface area contributed by atoms with Gasteiger partial charge < -0.3 is 15.0 Å². The number of nitrogens with zero attached hydrogens (tertiary/aromatic N) is 1. The van der Waals surface area contributed by atoms with E-state index in [1.807, 2.05) is 18.2 Å². The Labute approximate surface area is 108 Å². The van der Waals surface area contributed by atoms with Crippen LogP contribution < -0.4 is 10.2 Å². The number of esters is 1. The zero-order valence-corrected chi connectivity index (χ0v) is 11.4. The van der Waals surface area contributed by atoms with Crippen LogP contribution in [0.25, 0.3) is 0 Å². The third-order valence-corrected chi connectivity index (χ3v) is 3.22. The molecule has 4 nitrogen and oxygen atoms in total. The van der Waals surface area contributed by atoms with Crippen LogP contribution in [-0.4, -0.2) is 31.7 Å². The van der Waals surface area contributed by atoms with E-state index in [1.165, 1.54) is 7.11 Å². The topological polar surface area (TPSA) is 41.6 Å². The van der Waals surface area contributed by atoms with Crippen LogP contribution >= 0.6 is 0 Å². The average Bonchev–Trinajstić information content (AvgIpc) is 2.35. The summed E-state index contributed by atoms with van der Waals surface area (Å²) in [6.07, 6.45) is 0. The maximum absolute atomic E-state index is 11.9.